The molecule has 0 unspecified atom stereocenters. The van der Waals surface area contributed by atoms with E-state index in [9.17, 15) is 10.2 Å². The van der Waals surface area contributed by atoms with Crippen LogP contribution in [0.5, 0.6) is 0 Å². The van der Waals surface area contributed by atoms with Crippen molar-refractivity contribution in [2.75, 3.05) is 6.61 Å². The highest BCUT2D eigenvalue weighted by Crippen LogP contribution is 2.69. The van der Waals surface area contributed by atoms with Crippen LogP contribution in [0.3, 0.4) is 0 Å². The first-order valence-electron chi connectivity index (χ1n) is 10.4. The van der Waals surface area contributed by atoms with E-state index in [0.717, 1.165) is 43.6 Å². The molecule has 4 saturated carbocycles. The van der Waals surface area contributed by atoms with Gasteiger partial charge in [-0.3, -0.25) is 0 Å². The van der Waals surface area contributed by atoms with Crippen LogP contribution in [0, 0.1) is 34.5 Å². The van der Waals surface area contributed by atoms with E-state index in [-0.39, 0.29) is 17.6 Å². The monoisotopic (exact) mass is 334 g/mol. The van der Waals surface area contributed by atoms with Crippen molar-refractivity contribution in [3.63, 3.8) is 0 Å². The summed E-state index contributed by atoms with van der Waals surface area (Å²) in [6.45, 7) is 5.68. The van der Waals surface area contributed by atoms with E-state index < -0.39 is 5.60 Å². The van der Waals surface area contributed by atoms with Crippen LogP contribution >= 0.6 is 0 Å². The quantitative estimate of drug-likeness (QED) is 0.722. The van der Waals surface area contributed by atoms with E-state index in [0.29, 0.717) is 11.3 Å². The zero-order valence-electron chi connectivity index (χ0n) is 15.3. The van der Waals surface area contributed by atoms with E-state index in [2.05, 4.69) is 13.8 Å². The first-order valence-corrected chi connectivity index (χ1v) is 10.4. The molecule has 136 valence electrons. The van der Waals surface area contributed by atoms with Crippen molar-refractivity contribution < 1.29 is 14.9 Å². The Morgan fingerprint density at radius 2 is 1.67 bits per heavy atom. The molecule has 1 heterocycles. The summed E-state index contributed by atoms with van der Waals surface area (Å²) in [4.78, 5) is 0. The van der Waals surface area contributed by atoms with Crippen molar-refractivity contribution in [1.29, 1.82) is 0 Å². The Labute approximate surface area is 146 Å². The molecule has 5 fully saturated rings. The summed E-state index contributed by atoms with van der Waals surface area (Å²) in [6, 6.07) is 0. The van der Waals surface area contributed by atoms with Gasteiger partial charge in [0, 0.05) is 5.41 Å². The maximum Gasteiger partial charge on any atom is 0.110 e. The number of rotatable bonds is 1. The van der Waals surface area contributed by atoms with Crippen LogP contribution in [0.1, 0.15) is 71.6 Å². The van der Waals surface area contributed by atoms with E-state index in [4.69, 9.17) is 4.74 Å². The Hall–Kier alpha value is -0.120. The number of aliphatic hydroxyl groups is 2. The fourth-order valence-electron chi connectivity index (χ4n) is 8.14. The Morgan fingerprint density at radius 3 is 2.42 bits per heavy atom. The van der Waals surface area contributed by atoms with Crippen LogP contribution in [-0.4, -0.2) is 34.6 Å². The van der Waals surface area contributed by atoms with Crippen molar-refractivity contribution in [2.24, 2.45) is 34.5 Å². The molecule has 1 aliphatic heterocycles. The second-order valence-corrected chi connectivity index (χ2v) is 10.3. The summed E-state index contributed by atoms with van der Waals surface area (Å²) in [5, 5.41) is 21.6. The molecule has 0 spiro atoms. The molecule has 5 rings (SSSR count). The molecule has 0 amide bonds. The van der Waals surface area contributed by atoms with Crippen LogP contribution in [0.25, 0.3) is 0 Å². The van der Waals surface area contributed by atoms with Crippen LogP contribution in [0.15, 0.2) is 0 Å². The van der Waals surface area contributed by atoms with Gasteiger partial charge >= 0.3 is 0 Å². The van der Waals surface area contributed by atoms with Crippen LogP contribution in [0.4, 0.5) is 0 Å². The maximum atomic E-state index is 11.4. The summed E-state index contributed by atoms with van der Waals surface area (Å²) in [5.41, 5.74) is -0.0733. The molecule has 5 aliphatic rings. The Balaban J connectivity index is 1.45. The Morgan fingerprint density at radius 1 is 0.917 bits per heavy atom. The van der Waals surface area contributed by atoms with Crippen LogP contribution < -0.4 is 0 Å². The minimum Gasteiger partial charge on any atom is -0.393 e. The Kier molecular flexibility index (Phi) is 3.34. The molecule has 9 atom stereocenters. The summed E-state index contributed by atoms with van der Waals surface area (Å²) in [7, 11) is 0. The molecular weight excluding hydrogens is 300 g/mol. The minimum absolute atomic E-state index is 0.0583. The van der Waals surface area contributed by atoms with Gasteiger partial charge in [-0.1, -0.05) is 13.8 Å². The van der Waals surface area contributed by atoms with E-state index >= 15 is 0 Å². The Bertz CT molecular complexity index is 531. The third-order valence-electron chi connectivity index (χ3n) is 9.72. The zero-order chi connectivity index (χ0) is 16.7. The standard InChI is InChI=1S/C21H34O3/c1-19-8-5-14(22)11-13(19)3-4-15-16(19)6-9-20(2)17(15)7-10-21(20,23)18-12-24-18/h13-18,22-23H,3-12H2,1-2H3/t13-,14-,15+,16-,17-,18-,19-,20-,21-/m0/s1. The molecule has 1 saturated heterocycles. The minimum atomic E-state index is -0.566. The second-order valence-electron chi connectivity index (χ2n) is 10.3. The lowest BCUT2D eigenvalue weighted by Crippen LogP contribution is -2.58. The third-order valence-corrected chi connectivity index (χ3v) is 9.72. The lowest BCUT2D eigenvalue weighted by Gasteiger charge is -2.61. The van der Waals surface area contributed by atoms with Gasteiger partial charge in [0.2, 0.25) is 0 Å². The van der Waals surface area contributed by atoms with E-state index in [1.165, 1.54) is 38.5 Å². The fraction of sp³-hybridized carbons (Fsp3) is 1.00. The average molecular weight is 335 g/mol. The average Bonchev–Trinajstić information content (AvgIpc) is 3.36. The molecule has 4 aliphatic carbocycles. The number of fused-ring (bicyclic) bond motifs is 5. The highest BCUT2D eigenvalue weighted by atomic mass is 16.6. The van der Waals surface area contributed by atoms with Gasteiger partial charge in [0.05, 0.1) is 18.3 Å². The van der Waals surface area contributed by atoms with Crippen molar-refractivity contribution in [3.05, 3.63) is 0 Å². The first kappa shape index (κ1) is 16.1. The van der Waals surface area contributed by atoms with Gasteiger partial charge in [-0.25, -0.2) is 0 Å². The van der Waals surface area contributed by atoms with Crippen LogP contribution in [0.2, 0.25) is 0 Å². The lowest BCUT2D eigenvalue weighted by atomic mass is 9.44. The number of hydrogen-bond donors (Lipinski definition) is 2. The molecule has 3 nitrogen and oxygen atoms in total. The maximum absolute atomic E-state index is 11.4. The van der Waals surface area contributed by atoms with Crippen molar-refractivity contribution in [2.45, 2.75) is 89.4 Å². The van der Waals surface area contributed by atoms with Crippen molar-refractivity contribution in [1.82, 2.24) is 0 Å². The topological polar surface area (TPSA) is 53.0 Å². The van der Waals surface area contributed by atoms with Gasteiger partial charge in [-0.15, -0.1) is 0 Å². The summed E-state index contributed by atoms with van der Waals surface area (Å²) in [6.07, 6.45) is 10.5. The summed E-state index contributed by atoms with van der Waals surface area (Å²) >= 11 is 0. The molecule has 24 heavy (non-hydrogen) atoms. The first-order chi connectivity index (χ1) is 11.4. The molecule has 0 aromatic rings. The molecule has 0 radical (unpaired) electrons. The van der Waals surface area contributed by atoms with Gasteiger partial charge in [-0.05, 0) is 86.9 Å². The smallest absolute Gasteiger partial charge is 0.110 e. The van der Waals surface area contributed by atoms with Crippen molar-refractivity contribution in [3.8, 4) is 0 Å². The predicted molar refractivity (Wildman–Crippen MR) is 92.4 cm³/mol. The fourth-order valence-corrected chi connectivity index (χ4v) is 8.14. The van der Waals surface area contributed by atoms with Gasteiger partial charge in [0.25, 0.3) is 0 Å². The molecule has 0 bridgehead atoms. The second kappa shape index (κ2) is 4.98. The summed E-state index contributed by atoms with van der Waals surface area (Å²) in [5.74, 6) is 2.99. The SMILES string of the molecule is C[C@]12CC[C@H](O)C[C@@H]1CC[C@@H]1[C@@H]2CC[C@@]2(C)[C@H]1CC[C@]2(O)[C@@H]1CO1. The zero-order valence-corrected chi connectivity index (χ0v) is 15.3. The number of hydrogen-bond acceptors (Lipinski definition) is 3. The van der Waals surface area contributed by atoms with Gasteiger partial charge in [0.15, 0.2) is 0 Å². The van der Waals surface area contributed by atoms with Gasteiger partial charge < -0.3 is 14.9 Å². The van der Waals surface area contributed by atoms with Gasteiger partial charge in [0.1, 0.15) is 6.10 Å². The predicted octanol–water partition coefficient (Wildman–Crippen LogP) is 3.52. The normalized spacial score (nSPS) is 62.5. The molecule has 0 aromatic heterocycles. The number of epoxide rings is 1. The highest BCUT2D eigenvalue weighted by Gasteiger charge is 2.68. The third kappa shape index (κ3) is 1.90. The van der Waals surface area contributed by atoms with Crippen LogP contribution in [-0.2, 0) is 4.74 Å². The number of aliphatic hydroxyl groups excluding tert-OH is 1. The van der Waals surface area contributed by atoms with E-state index in [1.54, 1.807) is 0 Å². The molecule has 0 aromatic carbocycles. The highest BCUT2D eigenvalue weighted by molar-refractivity contribution is 5.17. The molecule has 2 N–H and O–H groups in total. The lowest BCUT2D eigenvalue weighted by molar-refractivity contribution is -0.163. The number of ether oxygens (including phenoxy) is 1. The van der Waals surface area contributed by atoms with E-state index in [1.807, 2.05) is 0 Å². The molecule has 3 heteroatoms. The largest absolute Gasteiger partial charge is 0.393 e. The van der Waals surface area contributed by atoms with Gasteiger partial charge in [-0.2, -0.15) is 0 Å². The molecular formula is C21H34O3. The van der Waals surface area contributed by atoms with Crippen molar-refractivity contribution >= 4 is 0 Å². The summed E-state index contributed by atoms with van der Waals surface area (Å²) < 4.78 is 5.59.